The molecule has 0 spiro atoms. The Balaban J connectivity index is 1.97. The Morgan fingerprint density at radius 2 is 2.17 bits per heavy atom. The second-order valence-corrected chi connectivity index (χ2v) is 3.91. The van der Waals surface area contributed by atoms with Crippen molar-refractivity contribution in [2.24, 2.45) is 0 Å². The zero-order chi connectivity index (χ0) is 12.8. The maximum atomic E-state index is 5.25. The monoisotopic (exact) mass is 247 g/mol. The lowest BCUT2D eigenvalue weighted by molar-refractivity contribution is 0.377. The zero-order valence-electron chi connectivity index (χ0n) is 10.6. The molecule has 1 heterocycles. The first kappa shape index (κ1) is 12.4. The number of methoxy groups -OCH3 is 1. The van der Waals surface area contributed by atoms with Gasteiger partial charge in [0.1, 0.15) is 5.75 Å². The molecule has 0 amide bonds. The summed E-state index contributed by atoms with van der Waals surface area (Å²) >= 11 is 0. The molecule has 0 saturated carbocycles. The molecule has 0 atom stereocenters. The Kier molecular flexibility index (Phi) is 4.17. The van der Waals surface area contributed by atoms with Crippen molar-refractivity contribution in [2.45, 2.75) is 26.3 Å². The first-order valence-corrected chi connectivity index (χ1v) is 6.02. The van der Waals surface area contributed by atoms with Crippen molar-refractivity contribution in [1.29, 1.82) is 0 Å². The minimum Gasteiger partial charge on any atom is -0.495 e. The minimum atomic E-state index is 0.497. The molecule has 5 heteroatoms. The van der Waals surface area contributed by atoms with E-state index in [2.05, 4.69) is 22.4 Å². The minimum absolute atomic E-state index is 0.497. The highest BCUT2D eigenvalue weighted by atomic mass is 16.5. The number of rotatable bonds is 6. The van der Waals surface area contributed by atoms with Crippen molar-refractivity contribution in [3.63, 3.8) is 0 Å². The Morgan fingerprint density at radius 1 is 1.33 bits per heavy atom. The third-order valence-electron chi connectivity index (χ3n) is 2.52. The summed E-state index contributed by atoms with van der Waals surface area (Å²) in [5, 5.41) is 7.12. The molecule has 0 aliphatic carbocycles. The van der Waals surface area contributed by atoms with Gasteiger partial charge in [-0.25, -0.2) is 0 Å². The van der Waals surface area contributed by atoms with Crippen LogP contribution in [0, 0.1) is 0 Å². The first-order valence-electron chi connectivity index (χ1n) is 6.02. The van der Waals surface area contributed by atoms with Gasteiger partial charge in [-0.15, -0.1) is 0 Å². The molecule has 0 aliphatic rings. The Bertz CT molecular complexity index is 496. The lowest BCUT2D eigenvalue weighted by atomic mass is 10.3. The number of aryl methyl sites for hydroxylation is 1. The number of hydrogen-bond acceptors (Lipinski definition) is 5. The van der Waals surface area contributed by atoms with Crippen molar-refractivity contribution in [2.75, 3.05) is 12.4 Å². The number of nitrogens with zero attached hydrogens (tertiary/aromatic N) is 2. The fourth-order valence-electron chi connectivity index (χ4n) is 1.65. The van der Waals surface area contributed by atoms with Gasteiger partial charge >= 0.3 is 0 Å². The molecule has 0 radical (unpaired) electrons. The molecule has 0 fully saturated rings. The van der Waals surface area contributed by atoms with Gasteiger partial charge in [0, 0.05) is 6.42 Å². The van der Waals surface area contributed by atoms with Gasteiger partial charge in [-0.1, -0.05) is 24.2 Å². The summed E-state index contributed by atoms with van der Waals surface area (Å²) in [6.07, 6.45) is 1.86. The third-order valence-corrected chi connectivity index (χ3v) is 2.52. The van der Waals surface area contributed by atoms with E-state index in [4.69, 9.17) is 9.26 Å². The van der Waals surface area contributed by atoms with Crippen LogP contribution in [0.1, 0.15) is 25.1 Å². The van der Waals surface area contributed by atoms with E-state index in [0.717, 1.165) is 30.1 Å². The summed E-state index contributed by atoms with van der Waals surface area (Å²) in [4.78, 5) is 4.29. The van der Waals surface area contributed by atoms with Crippen LogP contribution in [0.5, 0.6) is 5.75 Å². The molecule has 1 aromatic heterocycles. The molecule has 2 rings (SSSR count). The Labute approximate surface area is 106 Å². The summed E-state index contributed by atoms with van der Waals surface area (Å²) < 4.78 is 10.4. The number of aromatic nitrogens is 2. The van der Waals surface area contributed by atoms with Gasteiger partial charge in [-0.2, -0.15) is 4.98 Å². The molecular formula is C13H17N3O2. The highest BCUT2D eigenvalue weighted by Crippen LogP contribution is 2.23. The smallest absolute Gasteiger partial charge is 0.245 e. The van der Waals surface area contributed by atoms with Gasteiger partial charge in [0.2, 0.25) is 5.89 Å². The van der Waals surface area contributed by atoms with Gasteiger partial charge in [0.25, 0.3) is 0 Å². The van der Waals surface area contributed by atoms with E-state index in [9.17, 15) is 0 Å². The van der Waals surface area contributed by atoms with Gasteiger partial charge in [0.15, 0.2) is 5.82 Å². The zero-order valence-corrected chi connectivity index (χ0v) is 10.6. The van der Waals surface area contributed by atoms with Crippen molar-refractivity contribution >= 4 is 5.69 Å². The molecule has 0 saturated heterocycles. The predicted octanol–water partition coefficient (Wildman–Crippen LogP) is 2.64. The number of nitrogens with one attached hydrogen (secondary N) is 1. The lowest BCUT2D eigenvalue weighted by Gasteiger charge is -2.08. The Hall–Kier alpha value is -2.04. The van der Waals surface area contributed by atoms with E-state index >= 15 is 0 Å². The number of anilines is 1. The molecule has 0 aliphatic heterocycles. The molecule has 2 aromatic rings. The average Bonchev–Trinajstić information content (AvgIpc) is 2.85. The van der Waals surface area contributed by atoms with Crippen molar-refractivity contribution in [3.05, 3.63) is 36.0 Å². The SMILES string of the molecule is CCCc1noc(CNc2ccccc2OC)n1. The van der Waals surface area contributed by atoms with Crippen LogP contribution in [0.2, 0.25) is 0 Å². The molecule has 0 unspecified atom stereocenters. The van der Waals surface area contributed by atoms with Gasteiger partial charge in [-0.05, 0) is 18.6 Å². The van der Waals surface area contributed by atoms with Gasteiger partial charge in [-0.3, -0.25) is 0 Å². The normalized spacial score (nSPS) is 10.3. The number of hydrogen-bond donors (Lipinski definition) is 1. The third kappa shape index (κ3) is 3.00. The largest absolute Gasteiger partial charge is 0.495 e. The van der Waals surface area contributed by atoms with Gasteiger partial charge < -0.3 is 14.6 Å². The standard InChI is InChI=1S/C13H17N3O2/c1-3-6-12-15-13(18-16-12)9-14-10-7-4-5-8-11(10)17-2/h4-5,7-8,14H,3,6,9H2,1-2H3. The summed E-state index contributed by atoms with van der Waals surface area (Å²) in [6, 6.07) is 7.72. The summed E-state index contributed by atoms with van der Waals surface area (Å²) in [6.45, 7) is 2.58. The Morgan fingerprint density at radius 3 is 2.94 bits per heavy atom. The van der Waals surface area contributed by atoms with Crippen LogP contribution < -0.4 is 10.1 Å². The molecule has 1 N–H and O–H groups in total. The van der Waals surface area contributed by atoms with E-state index in [1.165, 1.54) is 0 Å². The average molecular weight is 247 g/mol. The fraction of sp³-hybridized carbons (Fsp3) is 0.385. The van der Waals surface area contributed by atoms with Crippen LogP contribution in [0.15, 0.2) is 28.8 Å². The van der Waals surface area contributed by atoms with Crippen LogP contribution in [0.4, 0.5) is 5.69 Å². The predicted molar refractivity (Wildman–Crippen MR) is 68.6 cm³/mol. The highest BCUT2D eigenvalue weighted by molar-refractivity contribution is 5.55. The fourth-order valence-corrected chi connectivity index (χ4v) is 1.65. The molecular weight excluding hydrogens is 230 g/mol. The van der Waals surface area contributed by atoms with Crippen LogP contribution >= 0.6 is 0 Å². The molecule has 96 valence electrons. The van der Waals surface area contributed by atoms with E-state index < -0.39 is 0 Å². The second-order valence-electron chi connectivity index (χ2n) is 3.91. The molecule has 5 nitrogen and oxygen atoms in total. The van der Waals surface area contributed by atoms with Crippen molar-refractivity contribution in [3.8, 4) is 5.75 Å². The van der Waals surface area contributed by atoms with Crippen LogP contribution in [-0.4, -0.2) is 17.3 Å². The number of benzene rings is 1. The van der Waals surface area contributed by atoms with Crippen LogP contribution in [0.25, 0.3) is 0 Å². The van der Waals surface area contributed by atoms with E-state index in [-0.39, 0.29) is 0 Å². The first-order chi connectivity index (χ1) is 8.83. The maximum Gasteiger partial charge on any atom is 0.245 e. The van der Waals surface area contributed by atoms with E-state index in [0.29, 0.717) is 12.4 Å². The van der Waals surface area contributed by atoms with Crippen molar-refractivity contribution < 1.29 is 9.26 Å². The van der Waals surface area contributed by atoms with Crippen molar-refractivity contribution in [1.82, 2.24) is 10.1 Å². The summed E-state index contributed by atoms with van der Waals surface area (Å²) in [5.74, 6) is 2.14. The van der Waals surface area contributed by atoms with Crippen LogP contribution in [-0.2, 0) is 13.0 Å². The highest BCUT2D eigenvalue weighted by Gasteiger charge is 2.06. The second kappa shape index (κ2) is 6.05. The maximum absolute atomic E-state index is 5.25. The van der Waals surface area contributed by atoms with Gasteiger partial charge in [0.05, 0.1) is 19.3 Å². The topological polar surface area (TPSA) is 60.2 Å². The quantitative estimate of drug-likeness (QED) is 0.850. The van der Waals surface area contributed by atoms with E-state index in [1.807, 2.05) is 24.3 Å². The number of para-hydroxylation sites is 2. The summed E-state index contributed by atoms with van der Waals surface area (Å²) in [5.41, 5.74) is 0.912. The lowest BCUT2D eigenvalue weighted by Crippen LogP contribution is -2.01. The molecule has 18 heavy (non-hydrogen) atoms. The number of ether oxygens (including phenoxy) is 1. The molecule has 1 aromatic carbocycles. The van der Waals surface area contributed by atoms with Crippen LogP contribution in [0.3, 0.4) is 0 Å². The summed E-state index contributed by atoms with van der Waals surface area (Å²) in [7, 11) is 1.65. The molecule has 0 bridgehead atoms. The van der Waals surface area contributed by atoms with E-state index in [1.54, 1.807) is 7.11 Å².